The van der Waals surface area contributed by atoms with Gasteiger partial charge in [-0.3, -0.25) is 19.6 Å². The average molecular weight is 1030 g/mol. The Kier molecular flexibility index (Phi) is 23.8. The molecule has 375 valence electrons. The maximum atomic E-state index is 13.6. The topological polar surface area (TPSA) is 244 Å². The number of hydrogen-bond acceptors (Lipinski definition) is 17. The second-order valence-corrected chi connectivity index (χ2v) is 18.9. The van der Waals surface area contributed by atoms with E-state index in [9.17, 15) is 44.8 Å². The van der Waals surface area contributed by atoms with Crippen LogP contribution >= 0.6 is 0 Å². The van der Waals surface area contributed by atoms with Gasteiger partial charge in [-0.25, -0.2) is 52.9 Å². The number of aromatic nitrogens is 4. The van der Waals surface area contributed by atoms with Crippen LogP contribution in [-0.4, -0.2) is 112 Å². The Balaban J connectivity index is 0.000000286. The molecule has 0 aliphatic carbocycles. The number of anilines is 2. The number of nitrogens with zero attached hydrogens (tertiary/aromatic N) is 6. The van der Waals surface area contributed by atoms with Crippen molar-refractivity contribution in [3.8, 4) is 0 Å². The molecular weight excluding hydrogens is 976 g/mol. The van der Waals surface area contributed by atoms with Crippen molar-refractivity contribution in [1.82, 2.24) is 23.2 Å². The van der Waals surface area contributed by atoms with Crippen molar-refractivity contribution in [2.45, 2.75) is 76.1 Å². The van der Waals surface area contributed by atoms with Gasteiger partial charge in [-0.2, -0.15) is 0 Å². The van der Waals surface area contributed by atoms with Crippen molar-refractivity contribution in [2.75, 3.05) is 49.1 Å². The van der Waals surface area contributed by atoms with Crippen LogP contribution < -0.4 is 50.4 Å². The molecule has 2 saturated heterocycles. The maximum Gasteiger partial charge on any atom is 1.00 e. The first-order valence-corrected chi connectivity index (χ1v) is 24.8. The number of rotatable bonds is 8. The number of piperidine rings is 2. The summed E-state index contributed by atoms with van der Waals surface area (Å²) in [5.41, 5.74) is 8.41. The average Bonchev–Trinajstić information content (AvgIpc) is 3.93. The Labute approximate surface area is 434 Å². The summed E-state index contributed by atoms with van der Waals surface area (Å²) in [4.78, 5) is 61.0. The summed E-state index contributed by atoms with van der Waals surface area (Å²) in [5.74, 6) is -2.74. The monoisotopic (exact) mass is 1030 g/mol. The zero-order chi connectivity index (χ0) is 51.6. The zero-order valence-electron chi connectivity index (χ0n) is 40.3. The molecule has 6 aromatic rings. The Hall–Kier alpha value is -5.76. The molecule has 2 aromatic carbocycles. The van der Waals surface area contributed by atoms with Crippen molar-refractivity contribution in [1.29, 1.82) is 0 Å². The van der Waals surface area contributed by atoms with Gasteiger partial charge in [0.1, 0.15) is 28.5 Å². The fourth-order valence-electron chi connectivity index (χ4n) is 7.10. The summed E-state index contributed by atoms with van der Waals surface area (Å²) >= 11 is 0. The molecule has 3 radical (unpaired) electrons. The molecule has 6 heterocycles. The molecule has 25 heteroatoms. The van der Waals surface area contributed by atoms with Crippen LogP contribution in [0.2, 0.25) is 0 Å². The van der Waals surface area contributed by atoms with Gasteiger partial charge in [-0.15, -0.1) is 0 Å². The Morgan fingerprint density at radius 2 is 1.10 bits per heavy atom. The van der Waals surface area contributed by atoms with Gasteiger partial charge >= 0.3 is 41.5 Å². The van der Waals surface area contributed by atoms with E-state index in [1.165, 1.54) is 53.5 Å². The van der Waals surface area contributed by atoms with Crippen molar-refractivity contribution in [3.63, 3.8) is 0 Å². The number of pyridine rings is 2. The molecule has 0 atom stereocenters. The van der Waals surface area contributed by atoms with Crippen molar-refractivity contribution in [3.05, 3.63) is 109 Å². The minimum atomic E-state index is -3.97. The maximum absolute atomic E-state index is 13.6. The molecule has 0 bridgehead atoms. The first-order chi connectivity index (χ1) is 33.3. The second-order valence-electron chi connectivity index (χ2n) is 15.3. The van der Waals surface area contributed by atoms with E-state index in [0.717, 1.165) is 74.7 Å². The standard InChI is InChI=1S/C20H23FN4O2S.C18H16FN3O3S.C4H6O4.C2H3BO2.C2H7N.Na/c1-2-22-16-8-11-24(12-9-16)19-14-25(18-7-4-10-23-20(18)19)28(26,27)17-6-3-5-15(21)13-17;19-13-3-1-4-15(11-13)26(24,25)22-12-17(18-16(22)5-2-8-20-18)21-9-6-14(23)7-10-21;1-3(5)7-8-4(2)6;1-2(4)5-3;1-2-3;/h3-7,10,13-14,16,22H,2,8-9,11-12H2,1H3;1-5,8,11-12H,6-7,9-10H2;1-2H3;1H3;2-3H2,1H3;/q;;;-1;;+1. The third-order valence-corrected chi connectivity index (χ3v) is 13.5. The SMILES string of the molecule is CC(=O)OOC(C)=O.CCN.CCNC1CCN(c2cn(S(=O)(=O)c3cccc(F)c3)c3cccnc23)CC1.O=C1CCN(c2cn(S(=O)(=O)c3cccc(F)c3)c3cccnc23)CC1.[B-]OC(C)=O.[Na+]. The number of nitrogens with one attached hydrogen (secondary N) is 1. The molecular formula is C46H55BF2N8NaO11S2. The molecule has 0 unspecified atom stereocenters. The molecule has 2 fully saturated rings. The quantitative estimate of drug-likeness (QED) is 0.126. The summed E-state index contributed by atoms with van der Waals surface area (Å²) < 4.78 is 85.6. The van der Waals surface area contributed by atoms with Gasteiger partial charge in [0.2, 0.25) is 5.97 Å². The van der Waals surface area contributed by atoms with Crippen LogP contribution in [0.1, 0.15) is 60.3 Å². The molecule has 8 rings (SSSR count). The number of hydrogen-bond donors (Lipinski definition) is 2. The second kappa shape index (κ2) is 28.3. The third kappa shape index (κ3) is 16.7. The van der Waals surface area contributed by atoms with Crippen LogP contribution in [0.15, 0.2) is 107 Å². The predicted molar refractivity (Wildman–Crippen MR) is 259 cm³/mol. The molecule has 4 aromatic heterocycles. The van der Waals surface area contributed by atoms with Crippen molar-refractivity contribution < 1.29 is 88.8 Å². The van der Waals surface area contributed by atoms with Gasteiger partial charge in [-0.05, 0) is 86.6 Å². The van der Waals surface area contributed by atoms with Crippen LogP contribution in [0.25, 0.3) is 22.1 Å². The third-order valence-electron chi connectivity index (χ3n) is 10.2. The molecule has 0 amide bonds. The summed E-state index contributed by atoms with van der Waals surface area (Å²) in [5, 5.41) is 3.47. The van der Waals surface area contributed by atoms with Gasteiger partial charge in [0.15, 0.2) is 0 Å². The smallest absolute Gasteiger partial charge is 0.793 e. The predicted octanol–water partition coefficient (Wildman–Crippen LogP) is 2.20. The van der Waals surface area contributed by atoms with Crippen LogP contribution in [0.4, 0.5) is 20.2 Å². The molecule has 0 saturated carbocycles. The molecule has 2 aliphatic heterocycles. The first-order valence-electron chi connectivity index (χ1n) is 21.9. The van der Waals surface area contributed by atoms with Crippen LogP contribution in [0.5, 0.6) is 0 Å². The normalized spacial score (nSPS) is 13.6. The number of fused-ring (bicyclic) bond motifs is 2. The van der Waals surface area contributed by atoms with Crippen LogP contribution in [0.3, 0.4) is 0 Å². The molecule has 19 nitrogen and oxygen atoms in total. The Morgan fingerprint density at radius 3 is 1.45 bits per heavy atom. The minimum absolute atomic E-state index is 0. The molecule has 3 N–H and O–H groups in total. The van der Waals surface area contributed by atoms with E-state index >= 15 is 0 Å². The minimum Gasteiger partial charge on any atom is -0.793 e. The summed E-state index contributed by atoms with van der Waals surface area (Å²) in [6, 6.07) is 17.2. The van der Waals surface area contributed by atoms with E-state index in [2.05, 4.69) is 49.6 Å². The number of Topliss-reactive ketones (excluding diaryl/α,β-unsaturated/α-hetero) is 1. The number of benzene rings is 2. The summed E-state index contributed by atoms with van der Waals surface area (Å²) in [6.07, 6.45) is 9.22. The Morgan fingerprint density at radius 1 is 0.704 bits per heavy atom. The van der Waals surface area contributed by atoms with Gasteiger partial charge in [-0.1, -0.05) is 26.0 Å². The van der Waals surface area contributed by atoms with E-state index in [0.29, 0.717) is 59.7 Å². The van der Waals surface area contributed by atoms with E-state index < -0.39 is 49.6 Å². The summed E-state index contributed by atoms with van der Waals surface area (Å²) in [6.45, 7) is 11.9. The van der Waals surface area contributed by atoms with Crippen LogP contribution in [-0.2, 0) is 53.7 Å². The fourth-order valence-corrected chi connectivity index (χ4v) is 9.87. The van der Waals surface area contributed by atoms with Gasteiger partial charge < -0.3 is 33.6 Å². The van der Waals surface area contributed by atoms with Crippen molar-refractivity contribution in [2.24, 2.45) is 5.73 Å². The zero-order valence-corrected chi connectivity index (χ0v) is 43.9. The number of nitrogens with two attached hydrogens (primary N) is 1. The fraction of sp³-hybridized carbons (Fsp3) is 0.348. The largest absolute Gasteiger partial charge is 1.00 e. The number of carbonyl (C=O) groups is 4. The molecule has 71 heavy (non-hydrogen) atoms. The van der Waals surface area contributed by atoms with E-state index in [-0.39, 0.29) is 45.1 Å². The number of ketones is 1. The van der Waals surface area contributed by atoms with Gasteiger partial charge in [0.25, 0.3) is 20.0 Å². The number of carbonyl (C=O) groups excluding carboxylic acids is 4. The van der Waals surface area contributed by atoms with Gasteiger partial charge in [0.05, 0.1) is 32.2 Å². The van der Waals surface area contributed by atoms with Crippen LogP contribution in [0, 0.1) is 11.6 Å². The summed E-state index contributed by atoms with van der Waals surface area (Å²) in [7, 11) is -3.58. The first kappa shape index (κ1) is 59.6. The van der Waals surface area contributed by atoms with E-state index in [1.54, 1.807) is 42.9 Å². The van der Waals surface area contributed by atoms with Gasteiger partial charge in [0, 0.05) is 90.6 Å². The van der Waals surface area contributed by atoms with E-state index in [1.807, 2.05) is 11.8 Å². The van der Waals surface area contributed by atoms with E-state index in [4.69, 9.17) is 5.73 Å². The van der Waals surface area contributed by atoms with Crippen molar-refractivity contribution >= 4 is 85.2 Å². The number of halogens is 2. The molecule has 0 spiro atoms. The Bertz CT molecular complexity index is 2950. The molecule has 2 aliphatic rings.